The van der Waals surface area contributed by atoms with Crippen LogP contribution >= 0.6 is 0 Å². The van der Waals surface area contributed by atoms with Crippen molar-refractivity contribution in [1.29, 1.82) is 0 Å². The normalized spacial score (nSPS) is 12.8. The predicted octanol–water partition coefficient (Wildman–Crippen LogP) is 18.3. The Hall–Kier alpha value is -7.57. The molecule has 0 bridgehead atoms. The first-order chi connectivity index (χ1) is 35.3. The van der Waals surface area contributed by atoms with Crippen LogP contribution in [-0.2, 0) is 27.1 Å². The lowest BCUT2D eigenvalue weighted by Gasteiger charge is -2.28. The van der Waals surface area contributed by atoms with E-state index in [1.165, 1.54) is 16.7 Å². The average molecular weight is 988 g/mol. The number of nitrogens with zero attached hydrogens (tertiary/aromatic N) is 5. The van der Waals surface area contributed by atoms with Gasteiger partial charge in [-0.15, -0.1) is 0 Å². The van der Waals surface area contributed by atoms with Crippen LogP contribution in [0.3, 0.4) is 0 Å². The standard InChI is InChI=1S/C69H73N5O/c1-65(2,3)47-29-31-57(52(38-47)43-23-18-16-19-24-43)73-59-33-34-70-42-56(59)71-63(73)46-35-45(36-49(37-46)67(7,8)9)51-27-22-28-60-61(51)72-64(54-40-50(68(10,11)12)41-55(62(54)75)69(13,14)15)74(60)58-32-30-48(66(4,5)6)39-53(58)44-25-20-17-21-26-44/h16-42,75H,1-15H3. The topological polar surface area (TPSA) is 68.8 Å². The summed E-state index contributed by atoms with van der Waals surface area (Å²) < 4.78 is 4.63. The summed E-state index contributed by atoms with van der Waals surface area (Å²) >= 11 is 0. The first kappa shape index (κ1) is 50.9. The van der Waals surface area contributed by atoms with Gasteiger partial charge in [-0.2, -0.15) is 0 Å². The van der Waals surface area contributed by atoms with Gasteiger partial charge in [-0.1, -0.05) is 201 Å². The third-order valence-electron chi connectivity index (χ3n) is 14.9. The maximum atomic E-state index is 12.7. The largest absolute Gasteiger partial charge is 0.507 e. The highest BCUT2D eigenvalue weighted by Crippen LogP contribution is 2.47. The van der Waals surface area contributed by atoms with Gasteiger partial charge < -0.3 is 5.11 Å². The number of hydrogen-bond acceptors (Lipinski definition) is 4. The highest BCUT2D eigenvalue weighted by atomic mass is 16.3. The molecule has 0 aliphatic heterocycles. The molecule has 0 atom stereocenters. The first-order valence-corrected chi connectivity index (χ1v) is 26.6. The SMILES string of the molecule is CC(C)(C)c1cc(-c2cccc3c2nc(-c2cc(C(C)(C)C)cc(C(C)(C)C)c2O)n3-c2ccc(C(C)(C)C)cc2-c2ccccc2)cc(-c2nc3cnccc3n2-c2ccc(C(C)(C)C)cc2-c2ccccc2)c1. The molecule has 0 fully saturated rings. The molecular weight excluding hydrogens is 915 g/mol. The summed E-state index contributed by atoms with van der Waals surface area (Å²) in [6, 6.07) is 55.0. The molecule has 75 heavy (non-hydrogen) atoms. The number of benzene rings is 7. The van der Waals surface area contributed by atoms with Crippen molar-refractivity contribution in [2.75, 3.05) is 0 Å². The predicted molar refractivity (Wildman–Crippen MR) is 316 cm³/mol. The van der Waals surface area contributed by atoms with Crippen LogP contribution < -0.4 is 0 Å². The van der Waals surface area contributed by atoms with Gasteiger partial charge >= 0.3 is 0 Å². The van der Waals surface area contributed by atoms with Crippen LogP contribution in [0.1, 0.15) is 132 Å². The zero-order chi connectivity index (χ0) is 53.6. The minimum Gasteiger partial charge on any atom is -0.507 e. The van der Waals surface area contributed by atoms with Crippen LogP contribution in [0.25, 0.3) is 89.6 Å². The Morgan fingerprint density at radius 3 is 1.41 bits per heavy atom. The van der Waals surface area contributed by atoms with Crippen molar-refractivity contribution in [3.8, 4) is 73.3 Å². The van der Waals surface area contributed by atoms with Crippen LogP contribution in [0.2, 0.25) is 0 Å². The molecule has 0 amide bonds. The molecule has 6 heteroatoms. The Morgan fingerprint density at radius 2 is 0.880 bits per heavy atom. The minimum absolute atomic E-state index is 0.0579. The van der Waals surface area contributed by atoms with Crippen molar-refractivity contribution in [1.82, 2.24) is 24.1 Å². The molecule has 0 spiro atoms. The molecule has 0 saturated carbocycles. The highest BCUT2D eigenvalue weighted by molar-refractivity contribution is 5.98. The molecule has 1 N–H and O–H groups in total. The molecule has 3 heterocycles. The molecule has 0 radical (unpaired) electrons. The monoisotopic (exact) mass is 988 g/mol. The molecular formula is C69H73N5O. The lowest BCUT2D eigenvalue weighted by atomic mass is 9.79. The number of aromatic nitrogens is 5. The molecule has 10 aromatic rings. The van der Waals surface area contributed by atoms with Gasteiger partial charge in [0.1, 0.15) is 22.9 Å². The lowest BCUT2D eigenvalue weighted by Crippen LogP contribution is -2.17. The van der Waals surface area contributed by atoms with E-state index >= 15 is 0 Å². The van der Waals surface area contributed by atoms with Gasteiger partial charge in [0.2, 0.25) is 0 Å². The van der Waals surface area contributed by atoms with Gasteiger partial charge in [-0.25, -0.2) is 9.97 Å². The van der Waals surface area contributed by atoms with E-state index in [2.05, 4.69) is 270 Å². The van der Waals surface area contributed by atoms with E-state index < -0.39 is 0 Å². The zero-order valence-electron chi connectivity index (χ0n) is 46.8. The molecule has 6 nitrogen and oxygen atoms in total. The summed E-state index contributed by atoms with van der Waals surface area (Å²) in [5.41, 5.74) is 18.5. The fourth-order valence-corrected chi connectivity index (χ4v) is 10.4. The van der Waals surface area contributed by atoms with Crippen molar-refractivity contribution in [3.05, 3.63) is 192 Å². The maximum Gasteiger partial charge on any atom is 0.149 e. The van der Waals surface area contributed by atoms with Crippen molar-refractivity contribution in [3.63, 3.8) is 0 Å². The highest BCUT2D eigenvalue weighted by Gasteiger charge is 2.31. The smallest absolute Gasteiger partial charge is 0.149 e. The number of aromatic hydroxyl groups is 1. The van der Waals surface area contributed by atoms with Gasteiger partial charge in [0.25, 0.3) is 0 Å². The zero-order valence-corrected chi connectivity index (χ0v) is 46.8. The third kappa shape index (κ3) is 9.61. The summed E-state index contributed by atoms with van der Waals surface area (Å²) in [4.78, 5) is 15.8. The fourth-order valence-electron chi connectivity index (χ4n) is 10.4. The van der Waals surface area contributed by atoms with Crippen molar-refractivity contribution in [2.45, 2.75) is 131 Å². The Kier molecular flexibility index (Phi) is 12.5. The van der Waals surface area contributed by atoms with E-state index in [0.29, 0.717) is 11.4 Å². The van der Waals surface area contributed by atoms with Crippen LogP contribution in [-0.4, -0.2) is 29.2 Å². The number of fused-ring (bicyclic) bond motifs is 2. The van der Waals surface area contributed by atoms with Crippen LogP contribution in [0.5, 0.6) is 5.75 Å². The number of pyridine rings is 1. The van der Waals surface area contributed by atoms with Crippen molar-refractivity contribution in [2.24, 2.45) is 0 Å². The second-order valence-corrected chi connectivity index (χ2v) is 25.7. The Labute approximate surface area is 445 Å². The first-order valence-electron chi connectivity index (χ1n) is 26.6. The molecule has 0 aliphatic carbocycles. The van der Waals surface area contributed by atoms with Gasteiger partial charge in [0.15, 0.2) is 0 Å². The minimum atomic E-state index is -0.349. The van der Waals surface area contributed by atoms with Crippen molar-refractivity contribution >= 4 is 22.1 Å². The van der Waals surface area contributed by atoms with Gasteiger partial charge in [0.05, 0.1) is 39.7 Å². The van der Waals surface area contributed by atoms with E-state index in [4.69, 9.17) is 9.97 Å². The Balaban J connectivity index is 1.30. The molecule has 0 saturated heterocycles. The van der Waals surface area contributed by atoms with Crippen molar-refractivity contribution < 1.29 is 5.11 Å². The van der Waals surface area contributed by atoms with E-state index in [-0.39, 0.29) is 32.8 Å². The van der Waals surface area contributed by atoms with E-state index in [9.17, 15) is 5.11 Å². The summed E-state index contributed by atoms with van der Waals surface area (Å²) in [5, 5.41) is 12.7. The molecule has 0 aliphatic rings. The van der Waals surface area contributed by atoms with Crippen LogP contribution in [0, 0.1) is 0 Å². The average Bonchev–Trinajstić information content (AvgIpc) is 3.94. The van der Waals surface area contributed by atoms with Gasteiger partial charge in [0, 0.05) is 34.0 Å². The fraction of sp³-hybridized carbons (Fsp3) is 0.290. The van der Waals surface area contributed by atoms with Crippen LogP contribution in [0.4, 0.5) is 0 Å². The molecule has 380 valence electrons. The quantitative estimate of drug-likeness (QED) is 0.173. The molecule has 10 rings (SSSR count). The Morgan fingerprint density at radius 1 is 0.373 bits per heavy atom. The van der Waals surface area contributed by atoms with E-state index in [1.807, 2.05) is 12.4 Å². The number of phenolic OH excluding ortho intramolecular Hbond substituents is 1. The second-order valence-electron chi connectivity index (χ2n) is 25.7. The molecule has 7 aromatic carbocycles. The lowest BCUT2D eigenvalue weighted by molar-refractivity contribution is 0.446. The summed E-state index contributed by atoms with van der Waals surface area (Å²) in [5.74, 6) is 1.76. The molecule has 3 aromatic heterocycles. The Bertz CT molecular complexity index is 3780. The summed E-state index contributed by atoms with van der Waals surface area (Å²) in [6.45, 7) is 33.7. The van der Waals surface area contributed by atoms with Crippen LogP contribution in [0.15, 0.2) is 164 Å². The van der Waals surface area contributed by atoms with E-state index in [0.717, 1.165) is 89.3 Å². The third-order valence-corrected chi connectivity index (χ3v) is 14.9. The van der Waals surface area contributed by atoms with Gasteiger partial charge in [-0.05, 0) is 121 Å². The number of hydrogen-bond donors (Lipinski definition) is 1. The number of phenols is 1. The molecule has 0 unspecified atom stereocenters. The van der Waals surface area contributed by atoms with E-state index in [1.54, 1.807) is 0 Å². The van der Waals surface area contributed by atoms with Gasteiger partial charge in [-0.3, -0.25) is 14.1 Å². The number of para-hydroxylation sites is 1. The summed E-state index contributed by atoms with van der Waals surface area (Å²) in [7, 11) is 0. The summed E-state index contributed by atoms with van der Waals surface area (Å²) in [6.07, 6.45) is 3.73. The second kappa shape index (κ2) is 18.4. The maximum absolute atomic E-state index is 12.7. The number of rotatable bonds is 7. The number of imidazole rings is 2.